The van der Waals surface area contributed by atoms with E-state index in [2.05, 4.69) is 6.92 Å². The average molecular weight is 346 g/mol. The molecule has 1 atom stereocenters. The Morgan fingerprint density at radius 1 is 0.826 bits per heavy atom. The van der Waals surface area contributed by atoms with Gasteiger partial charge in [-0.25, -0.2) is 0 Å². The number of rotatable bonds is 15. The Morgan fingerprint density at radius 3 is 1.65 bits per heavy atom. The summed E-state index contributed by atoms with van der Waals surface area (Å²) in [6.07, 6.45) is 9.73. The fourth-order valence-corrected chi connectivity index (χ4v) is 2.18. The van der Waals surface area contributed by atoms with E-state index in [-0.39, 0.29) is 65.7 Å². The number of hydrogen-bond acceptors (Lipinski definition) is 5. The zero-order valence-electron chi connectivity index (χ0n) is 15.1. The van der Waals surface area contributed by atoms with Gasteiger partial charge < -0.3 is 24.5 Å². The smallest absolute Gasteiger partial charge is 0.550 e. The molecule has 0 spiro atoms. The third kappa shape index (κ3) is 20.9. The van der Waals surface area contributed by atoms with E-state index in [4.69, 9.17) is 4.74 Å². The molecular formula is C16H28Na2O5. The molecule has 0 saturated carbocycles. The monoisotopic (exact) mass is 346 g/mol. The van der Waals surface area contributed by atoms with Gasteiger partial charge in [-0.3, -0.25) is 0 Å². The molecule has 0 radical (unpaired) electrons. The first-order valence-electron chi connectivity index (χ1n) is 8.10. The summed E-state index contributed by atoms with van der Waals surface area (Å²) < 4.78 is 5.00. The summed E-state index contributed by atoms with van der Waals surface area (Å²) >= 11 is 0. The zero-order chi connectivity index (χ0) is 15.9. The number of ether oxygens (including phenoxy) is 1. The van der Waals surface area contributed by atoms with Gasteiger partial charge in [-0.15, -0.1) is 0 Å². The normalized spacial score (nSPS) is 11.2. The molecule has 7 heteroatoms. The molecule has 0 aromatic rings. The van der Waals surface area contributed by atoms with E-state index >= 15 is 0 Å². The second-order valence-electron chi connectivity index (χ2n) is 5.44. The average Bonchev–Trinajstić information content (AvgIpc) is 2.42. The molecule has 0 rings (SSSR count). The van der Waals surface area contributed by atoms with Crippen molar-refractivity contribution >= 4 is 11.9 Å². The maximum Gasteiger partial charge on any atom is 1.00 e. The van der Waals surface area contributed by atoms with Gasteiger partial charge in [0.15, 0.2) is 0 Å². The standard InChI is InChI=1S/C16H30O5.2Na/c1-2-3-4-5-6-7-8-9-10-11-12-21-14(16(19)20)13-15(17)18;;/h14H,2-13H2,1H3,(H,17,18)(H,19,20);;/q;2*+1/p-2. The van der Waals surface area contributed by atoms with Gasteiger partial charge >= 0.3 is 59.1 Å². The first kappa shape index (κ1) is 28.7. The molecule has 0 amide bonds. The minimum atomic E-state index is -1.49. The minimum Gasteiger partial charge on any atom is -0.550 e. The maximum atomic E-state index is 10.6. The predicted octanol–water partition coefficient (Wildman–Crippen LogP) is -4.81. The van der Waals surface area contributed by atoms with Crippen molar-refractivity contribution in [3.63, 3.8) is 0 Å². The van der Waals surface area contributed by atoms with E-state index in [1.807, 2.05) is 0 Å². The summed E-state index contributed by atoms with van der Waals surface area (Å²) in [5.41, 5.74) is 0. The Bertz CT molecular complexity index is 288. The van der Waals surface area contributed by atoms with Crippen LogP contribution in [0.2, 0.25) is 0 Å². The zero-order valence-corrected chi connectivity index (χ0v) is 19.1. The van der Waals surface area contributed by atoms with Crippen LogP contribution in [0.25, 0.3) is 0 Å². The molecule has 0 N–H and O–H groups in total. The third-order valence-corrected chi connectivity index (χ3v) is 3.43. The van der Waals surface area contributed by atoms with Crippen LogP contribution >= 0.6 is 0 Å². The molecule has 23 heavy (non-hydrogen) atoms. The SMILES string of the molecule is CCCCCCCCCCCCOC(CC(=O)[O-])C(=O)[O-].[Na+].[Na+]. The van der Waals surface area contributed by atoms with E-state index in [1.165, 1.54) is 44.9 Å². The topological polar surface area (TPSA) is 89.5 Å². The van der Waals surface area contributed by atoms with Gasteiger partial charge in [-0.1, -0.05) is 64.7 Å². The van der Waals surface area contributed by atoms with Crippen molar-refractivity contribution in [3.8, 4) is 0 Å². The molecule has 0 aromatic carbocycles. The molecule has 0 saturated heterocycles. The van der Waals surface area contributed by atoms with Crippen LogP contribution in [0.1, 0.15) is 77.6 Å². The van der Waals surface area contributed by atoms with Crippen molar-refractivity contribution in [2.75, 3.05) is 6.61 Å². The van der Waals surface area contributed by atoms with Crippen molar-refractivity contribution in [1.29, 1.82) is 0 Å². The van der Waals surface area contributed by atoms with Crippen molar-refractivity contribution in [2.24, 2.45) is 0 Å². The number of carboxylic acid groups (broad SMARTS) is 2. The number of carbonyl (C=O) groups excluding carboxylic acids is 2. The molecule has 0 aliphatic rings. The van der Waals surface area contributed by atoms with E-state index in [9.17, 15) is 19.8 Å². The number of carboxylic acids is 2. The number of carbonyl (C=O) groups is 2. The van der Waals surface area contributed by atoms with Gasteiger partial charge in [0.2, 0.25) is 0 Å². The second kappa shape index (κ2) is 20.9. The first-order valence-corrected chi connectivity index (χ1v) is 8.10. The van der Waals surface area contributed by atoms with Gasteiger partial charge in [0.1, 0.15) is 6.10 Å². The molecule has 0 heterocycles. The van der Waals surface area contributed by atoms with Gasteiger partial charge in [-0.2, -0.15) is 0 Å². The molecule has 0 aromatic heterocycles. The number of aliphatic carboxylic acids is 2. The van der Waals surface area contributed by atoms with Crippen LogP contribution in [0.4, 0.5) is 0 Å². The minimum absolute atomic E-state index is 0. The quantitative estimate of drug-likeness (QED) is 0.219. The van der Waals surface area contributed by atoms with E-state index < -0.39 is 24.5 Å². The van der Waals surface area contributed by atoms with Crippen molar-refractivity contribution in [3.05, 3.63) is 0 Å². The fraction of sp³-hybridized carbons (Fsp3) is 0.875. The van der Waals surface area contributed by atoms with Gasteiger partial charge in [0, 0.05) is 19.0 Å². The van der Waals surface area contributed by atoms with E-state index in [0.29, 0.717) is 0 Å². The predicted molar refractivity (Wildman–Crippen MR) is 76.2 cm³/mol. The van der Waals surface area contributed by atoms with Crippen LogP contribution < -0.4 is 69.3 Å². The van der Waals surface area contributed by atoms with Gasteiger partial charge in [0.25, 0.3) is 0 Å². The van der Waals surface area contributed by atoms with Crippen molar-refractivity contribution < 1.29 is 83.7 Å². The van der Waals surface area contributed by atoms with Crippen LogP contribution in [0.3, 0.4) is 0 Å². The Hall–Kier alpha value is 0.900. The molecule has 0 fully saturated rings. The summed E-state index contributed by atoms with van der Waals surface area (Å²) in [7, 11) is 0. The molecule has 5 nitrogen and oxygen atoms in total. The maximum absolute atomic E-state index is 10.6. The van der Waals surface area contributed by atoms with E-state index in [0.717, 1.165) is 19.3 Å². The van der Waals surface area contributed by atoms with E-state index in [1.54, 1.807) is 0 Å². The van der Waals surface area contributed by atoms with Gasteiger partial charge in [0.05, 0.1) is 5.97 Å². The van der Waals surface area contributed by atoms with Crippen LogP contribution in [0.5, 0.6) is 0 Å². The molecule has 0 aliphatic carbocycles. The van der Waals surface area contributed by atoms with Crippen LogP contribution in [-0.4, -0.2) is 24.6 Å². The molecular weight excluding hydrogens is 318 g/mol. The number of unbranched alkanes of at least 4 members (excludes halogenated alkanes) is 9. The van der Waals surface area contributed by atoms with Gasteiger partial charge in [-0.05, 0) is 6.42 Å². The Morgan fingerprint density at radius 2 is 1.26 bits per heavy atom. The summed E-state index contributed by atoms with van der Waals surface area (Å²) in [6.45, 7) is 2.46. The Labute approximate surface area is 184 Å². The molecule has 1 unspecified atom stereocenters. The largest absolute Gasteiger partial charge is 1.00 e. The second-order valence-corrected chi connectivity index (χ2v) is 5.44. The van der Waals surface area contributed by atoms with Crippen LogP contribution in [0.15, 0.2) is 0 Å². The summed E-state index contributed by atoms with van der Waals surface area (Å²) in [4.78, 5) is 21.0. The Balaban J connectivity index is -0.00000200. The first-order chi connectivity index (χ1) is 10.1. The van der Waals surface area contributed by atoms with Crippen molar-refractivity contribution in [2.45, 2.75) is 83.7 Å². The van der Waals surface area contributed by atoms with Crippen LogP contribution in [-0.2, 0) is 14.3 Å². The van der Waals surface area contributed by atoms with Crippen molar-refractivity contribution in [1.82, 2.24) is 0 Å². The fourth-order valence-electron chi connectivity index (χ4n) is 2.18. The molecule has 0 aliphatic heterocycles. The molecule has 124 valence electrons. The summed E-state index contributed by atoms with van der Waals surface area (Å²) in [6, 6.07) is 0. The summed E-state index contributed by atoms with van der Waals surface area (Å²) in [5, 5.41) is 21.0. The Kier molecular flexibility index (Phi) is 26.1. The number of hydrogen-bond donors (Lipinski definition) is 0. The summed E-state index contributed by atoms with van der Waals surface area (Å²) in [5.74, 6) is -2.93. The third-order valence-electron chi connectivity index (χ3n) is 3.43. The van der Waals surface area contributed by atoms with Crippen LogP contribution in [0, 0.1) is 0 Å². The molecule has 0 bridgehead atoms.